The number of hydrogen-bond acceptors (Lipinski definition) is 7. The van der Waals surface area contributed by atoms with Gasteiger partial charge in [-0.05, 0) is 36.8 Å². The molecule has 0 amide bonds. The molecule has 1 saturated heterocycles. The molecule has 1 aliphatic rings. The van der Waals surface area contributed by atoms with Crippen LogP contribution in [-0.4, -0.2) is 47.6 Å². The van der Waals surface area contributed by atoms with Crippen molar-refractivity contribution in [3.63, 3.8) is 0 Å². The number of hydrogen-bond donors (Lipinski definition) is 1. The maximum Gasteiger partial charge on any atom is 0.573 e. The third-order valence-corrected chi connectivity index (χ3v) is 7.04. The predicted octanol–water partition coefficient (Wildman–Crippen LogP) is 7.42. The fourth-order valence-corrected chi connectivity index (χ4v) is 5.03. The van der Waals surface area contributed by atoms with Gasteiger partial charge in [0.15, 0.2) is 0 Å². The van der Waals surface area contributed by atoms with Crippen LogP contribution in [0.25, 0.3) is 33.4 Å². The highest BCUT2D eigenvalue weighted by Gasteiger charge is 2.31. The van der Waals surface area contributed by atoms with Gasteiger partial charge in [0.1, 0.15) is 23.2 Å². The zero-order valence-corrected chi connectivity index (χ0v) is 22.8. The van der Waals surface area contributed by atoms with E-state index in [0.29, 0.717) is 71.6 Å². The Morgan fingerprint density at radius 2 is 1.72 bits per heavy atom. The largest absolute Gasteiger partial charge is 0.573 e. The summed E-state index contributed by atoms with van der Waals surface area (Å²) in [5.74, 6) is -1.33. The van der Waals surface area contributed by atoms with E-state index in [0.717, 1.165) is 12.1 Å². The van der Waals surface area contributed by atoms with E-state index in [1.165, 1.54) is 24.3 Å². The molecule has 6 rings (SSSR count). The van der Waals surface area contributed by atoms with Crippen molar-refractivity contribution in [3.05, 3.63) is 90.3 Å². The number of alkyl halides is 3. The lowest BCUT2D eigenvalue weighted by Crippen LogP contribution is -2.36. The highest BCUT2D eigenvalue weighted by Crippen LogP contribution is 2.40. The van der Waals surface area contributed by atoms with Crippen molar-refractivity contribution in [2.45, 2.75) is 13.3 Å². The van der Waals surface area contributed by atoms with Crippen LogP contribution >= 0.6 is 0 Å². The van der Waals surface area contributed by atoms with E-state index in [9.17, 15) is 17.6 Å². The SMILES string of the molecule is Cc1c(-c2ccccn2)nc2cc(F)cc(F)c2c1Nc1cc(N2CCOCC2)ncc1-c1ccc(OC(F)(F)F)cc1. The summed E-state index contributed by atoms with van der Waals surface area (Å²) in [7, 11) is 0. The minimum Gasteiger partial charge on any atom is -0.406 e. The average molecular weight is 594 g/mol. The number of benzene rings is 2. The number of rotatable bonds is 6. The van der Waals surface area contributed by atoms with Crippen LogP contribution < -0.4 is 15.0 Å². The van der Waals surface area contributed by atoms with Gasteiger partial charge in [0.05, 0.1) is 46.9 Å². The number of pyridine rings is 3. The van der Waals surface area contributed by atoms with E-state index in [1.54, 1.807) is 43.6 Å². The molecule has 12 heteroatoms. The van der Waals surface area contributed by atoms with Crippen LogP contribution in [0.15, 0.2) is 73.1 Å². The molecule has 220 valence electrons. The number of nitrogens with one attached hydrogen (secondary N) is 1. The van der Waals surface area contributed by atoms with Gasteiger partial charge in [-0.15, -0.1) is 13.2 Å². The number of fused-ring (bicyclic) bond motifs is 1. The van der Waals surface area contributed by atoms with Crippen molar-refractivity contribution in [2.24, 2.45) is 0 Å². The van der Waals surface area contributed by atoms with Crippen LogP contribution in [-0.2, 0) is 4.74 Å². The van der Waals surface area contributed by atoms with E-state index < -0.39 is 18.0 Å². The lowest BCUT2D eigenvalue weighted by Gasteiger charge is -2.28. The van der Waals surface area contributed by atoms with Crippen LogP contribution in [0.4, 0.5) is 39.1 Å². The topological polar surface area (TPSA) is 72.4 Å². The first-order valence-corrected chi connectivity index (χ1v) is 13.3. The summed E-state index contributed by atoms with van der Waals surface area (Å²) in [6, 6.07) is 14.4. The molecule has 3 aromatic heterocycles. The quantitative estimate of drug-likeness (QED) is 0.205. The van der Waals surface area contributed by atoms with Gasteiger partial charge in [-0.1, -0.05) is 18.2 Å². The van der Waals surface area contributed by atoms with Crippen molar-refractivity contribution < 1.29 is 31.4 Å². The minimum atomic E-state index is -4.83. The third-order valence-electron chi connectivity index (χ3n) is 7.04. The van der Waals surface area contributed by atoms with E-state index in [2.05, 4.69) is 25.0 Å². The maximum atomic E-state index is 15.4. The van der Waals surface area contributed by atoms with E-state index in [-0.39, 0.29) is 16.7 Å². The highest BCUT2D eigenvalue weighted by atomic mass is 19.4. The first-order chi connectivity index (χ1) is 20.7. The Balaban J connectivity index is 1.52. The first kappa shape index (κ1) is 28.3. The van der Waals surface area contributed by atoms with Gasteiger partial charge < -0.3 is 19.7 Å². The molecular weight excluding hydrogens is 569 g/mol. The van der Waals surface area contributed by atoms with Crippen molar-refractivity contribution >= 4 is 28.1 Å². The molecule has 5 aromatic rings. The van der Waals surface area contributed by atoms with Gasteiger partial charge in [-0.2, -0.15) is 0 Å². The molecule has 2 aromatic carbocycles. The van der Waals surface area contributed by atoms with Gasteiger partial charge >= 0.3 is 6.36 Å². The van der Waals surface area contributed by atoms with Crippen LogP contribution in [0.5, 0.6) is 5.75 Å². The molecule has 1 aliphatic heterocycles. The maximum absolute atomic E-state index is 15.4. The Morgan fingerprint density at radius 1 is 0.953 bits per heavy atom. The molecule has 4 heterocycles. The lowest BCUT2D eigenvalue weighted by molar-refractivity contribution is -0.274. The molecule has 1 fully saturated rings. The Labute approximate surface area is 242 Å². The van der Waals surface area contributed by atoms with Gasteiger partial charge in [-0.3, -0.25) is 4.98 Å². The number of nitrogens with zero attached hydrogens (tertiary/aromatic N) is 4. The Morgan fingerprint density at radius 3 is 2.42 bits per heavy atom. The standard InChI is InChI=1S/C31H24F5N5O2/c1-18-29(24-4-2-3-9-37-24)40-26-15-20(32)14-23(33)28(26)30(18)39-25-16-27(41-10-12-42-13-11-41)38-17-22(25)19-5-7-21(8-6-19)43-31(34,35)36/h2-9,14-17H,10-13H2,1H3,(H,38,39,40). The number of morpholine rings is 1. The molecule has 0 spiro atoms. The predicted molar refractivity (Wildman–Crippen MR) is 152 cm³/mol. The van der Waals surface area contributed by atoms with Gasteiger partial charge in [-0.25, -0.2) is 18.7 Å². The highest BCUT2D eigenvalue weighted by molar-refractivity contribution is 5.99. The number of ether oxygens (including phenoxy) is 2. The average Bonchev–Trinajstić information content (AvgIpc) is 2.99. The normalized spacial score (nSPS) is 13.8. The Hall–Kier alpha value is -4.84. The lowest BCUT2D eigenvalue weighted by atomic mass is 10.0. The van der Waals surface area contributed by atoms with E-state index in [4.69, 9.17) is 4.74 Å². The van der Waals surface area contributed by atoms with Crippen molar-refractivity contribution in [3.8, 4) is 28.3 Å². The second kappa shape index (κ2) is 11.4. The van der Waals surface area contributed by atoms with Crippen molar-refractivity contribution in [1.82, 2.24) is 15.0 Å². The summed E-state index contributed by atoms with van der Waals surface area (Å²) >= 11 is 0. The van der Waals surface area contributed by atoms with Gasteiger partial charge in [0.2, 0.25) is 0 Å². The number of anilines is 3. The molecule has 0 aliphatic carbocycles. The number of aromatic nitrogens is 3. The molecule has 43 heavy (non-hydrogen) atoms. The van der Waals surface area contributed by atoms with Crippen LogP contribution in [0.1, 0.15) is 5.56 Å². The van der Waals surface area contributed by atoms with Crippen molar-refractivity contribution in [1.29, 1.82) is 0 Å². The summed E-state index contributed by atoms with van der Waals surface area (Å²) in [5.41, 5.74) is 3.47. The Kier molecular flexibility index (Phi) is 7.53. The minimum absolute atomic E-state index is 0.0724. The molecule has 0 unspecified atom stereocenters. The number of halogens is 5. The molecule has 0 radical (unpaired) electrons. The van der Waals surface area contributed by atoms with Crippen molar-refractivity contribution in [2.75, 3.05) is 36.5 Å². The van der Waals surface area contributed by atoms with Crippen LogP contribution in [0, 0.1) is 18.6 Å². The Bertz CT molecular complexity index is 1780. The fraction of sp³-hybridized carbons (Fsp3) is 0.194. The molecule has 0 atom stereocenters. The summed E-state index contributed by atoms with van der Waals surface area (Å²) in [4.78, 5) is 15.6. The van der Waals surface area contributed by atoms with Gasteiger partial charge in [0.25, 0.3) is 0 Å². The summed E-state index contributed by atoms with van der Waals surface area (Å²) in [6.07, 6.45) is -1.63. The van der Waals surface area contributed by atoms with E-state index in [1.807, 2.05) is 4.90 Å². The summed E-state index contributed by atoms with van der Waals surface area (Å²) in [5, 5.41) is 3.42. The van der Waals surface area contributed by atoms with Crippen LogP contribution in [0.2, 0.25) is 0 Å². The molecule has 0 saturated carbocycles. The summed E-state index contributed by atoms with van der Waals surface area (Å²) < 4.78 is 77.5. The second-order valence-electron chi connectivity index (χ2n) is 9.84. The zero-order chi connectivity index (χ0) is 30.1. The molecule has 0 bridgehead atoms. The molecule has 1 N–H and O–H groups in total. The summed E-state index contributed by atoms with van der Waals surface area (Å²) in [6.45, 7) is 4.00. The van der Waals surface area contributed by atoms with Gasteiger partial charge in [0, 0.05) is 54.8 Å². The van der Waals surface area contributed by atoms with Crippen LogP contribution in [0.3, 0.4) is 0 Å². The molecule has 7 nitrogen and oxygen atoms in total. The fourth-order valence-electron chi connectivity index (χ4n) is 5.03. The second-order valence-corrected chi connectivity index (χ2v) is 9.84. The third kappa shape index (κ3) is 6.05. The van der Waals surface area contributed by atoms with E-state index >= 15 is 4.39 Å². The first-order valence-electron chi connectivity index (χ1n) is 13.3. The monoisotopic (exact) mass is 593 g/mol. The molecular formula is C31H24F5N5O2. The zero-order valence-electron chi connectivity index (χ0n) is 22.8. The smallest absolute Gasteiger partial charge is 0.406 e.